The lowest BCUT2D eigenvalue weighted by molar-refractivity contribution is -0.129. The molecule has 0 aliphatic carbocycles. The predicted octanol–water partition coefficient (Wildman–Crippen LogP) is 1.74. The van der Waals surface area contributed by atoms with Crippen molar-refractivity contribution in [2.45, 2.75) is 27.2 Å². The molecule has 2 rings (SSSR count). The standard InChI is InChI=1S/C17H26N4O3/c1-12(2)11-15(23)18-14-5-6-16(24-4)19-17(14)21-9-7-20(8-10-21)13(3)22/h5-6,12H,7-11H2,1-4H3,(H,18,23). The van der Waals surface area contributed by atoms with E-state index in [1.807, 2.05) is 24.8 Å². The minimum absolute atomic E-state index is 0.0272. The molecular formula is C17H26N4O3. The van der Waals surface area contributed by atoms with Gasteiger partial charge in [0.2, 0.25) is 17.7 Å². The summed E-state index contributed by atoms with van der Waals surface area (Å²) >= 11 is 0. The van der Waals surface area contributed by atoms with Crippen LogP contribution in [0.2, 0.25) is 0 Å². The zero-order valence-electron chi connectivity index (χ0n) is 14.8. The number of amides is 2. The molecule has 1 aromatic rings. The maximum absolute atomic E-state index is 12.1. The Bertz CT molecular complexity index is 595. The van der Waals surface area contributed by atoms with Gasteiger partial charge in [-0.2, -0.15) is 4.98 Å². The first-order valence-corrected chi connectivity index (χ1v) is 8.26. The van der Waals surface area contributed by atoms with Crippen molar-refractivity contribution in [2.75, 3.05) is 43.5 Å². The highest BCUT2D eigenvalue weighted by Gasteiger charge is 2.23. The quantitative estimate of drug-likeness (QED) is 0.888. The van der Waals surface area contributed by atoms with E-state index in [-0.39, 0.29) is 11.8 Å². The van der Waals surface area contributed by atoms with Gasteiger partial charge in [0.15, 0.2) is 5.82 Å². The molecule has 2 heterocycles. The normalized spacial score (nSPS) is 14.7. The second-order valence-electron chi connectivity index (χ2n) is 6.36. The van der Waals surface area contributed by atoms with Crippen molar-refractivity contribution in [3.63, 3.8) is 0 Å². The second kappa shape index (κ2) is 7.99. The molecule has 7 nitrogen and oxygen atoms in total. The monoisotopic (exact) mass is 334 g/mol. The summed E-state index contributed by atoms with van der Waals surface area (Å²) in [6.45, 7) is 8.24. The van der Waals surface area contributed by atoms with E-state index in [9.17, 15) is 9.59 Å². The molecule has 1 aliphatic rings. The fourth-order valence-corrected chi connectivity index (χ4v) is 2.69. The van der Waals surface area contributed by atoms with E-state index in [1.54, 1.807) is 20.1 Å². The summed E-state index contributed by atoms with van der Waals surface area (Å²) in [6, 6.07) is 3.55. The summed E-state index contributed by atoms with van der Waals surface area (Å²) in [4.78, 5) is 32.0. The predicted molar refractivity (Wildman–Crippen MR) is 93.3 cm³/mol. The van der Waals surface area contributed by atoms with Gasteiger partial charge < -0.3 is 19.9 Å². The highest BCUT2D eigenvalue weighted by molar-refractivity contribution is 5.93. The fourth-order valence-electron chi connectivity index (χ4n) is 2.69. The Kier molecular flexibility index (Phi) is 6.00. The Balaban J connectivity index is 2.17. The lowest BCUT2D eigenvalue weighted by Gasteiger charge is -2.35. The molecule has 1 fully saturated rings. The summed E-state index contributed by atoms with van der Waals surface area (Å²) in [5.74, 6) is 1.54. The first kappa shape index (κ1) is 18.0. The van der Waals surface area contributed by atoms with Crippen molar-refractivity contribution in [3.8, 4) is 5.88 Å². The number of aromatic nitrogens is 1. The molecule has 0 radical (unpaired) electrons. The van der Waals surface area contributed by atoms with Gasteiger partial charge in [-0.05, 0) is 12.0 Å². The molecular weight excluding hydrogens is 308 g/mol. The van der Waals surface area contributed by atoms with Crippen molar-refractivity contribution >= 4 is 23.3 Å². The summed E-state index contributed by atoms with van der Waals surface area (Å²) < 4.78 is 5.21. The number of ether oxygens (including phenoxy) is 1. The van der Waals surface area contributed by atoms with Crippen LogP contribution in [0.3, 0.4) is 0 Å². The molecule has 2 amide bonds. The molecule has 1 aliphatic heterocycles. The third-order valence-electron chi connectivity index (χ3n) is 3.95. The number of nitrogens with zero attached hydrogens (tertiary/aromatic N) is 3. The molecule has 0 bridgehead atoms. The Morgan fingerprint density at radius 1 is 1.25 bits per heavy atom. The number of anilines is 2. The van der Waals surface area contributed by atoms with Crippen molar-refractivity contribution in [3.05, 3.63) is 12.1 Å². The van der Waals surface area contributed by atoms with Crippen molar-refractivity contribution < 1.29 is 14.3 Å². The number of methoxy groups -OCH3 is 1. The topological polar surface area (TPSA) is 74.8 Å². The van der Waals surface area contributed by atoms with Gasteiger partial charge in [0.25, 0.3) is 0 Å². The number of pyridine rings is 1. The van der Waals surface area contributed by atoms with Crippen LogP contribution in [0.1, 0.15) is 27.2 Å². The van der Waals surface area contributed by atoms with Crippen molar-refractivity contribution in [1.29, 1.82) is 0 Å². The zero-order chi connectivity index (χ0) is 17.7. The molecule has 0 aromatic carbocycles. The average Bonchev–Trinajstić information content (AvgIpc) is 2.54. The van der Waals surface area contributed by atoms with E-state index in [0.29, 0.717) is 55.9 Å². The summed E-state index contributed by atoms with van der Waals surface area (Å²) in [6.07, 6.45) is 0.462. The van der Waals surface area contributed by atoms with Crippen LogP contribution < -0.4 is 15.0 Å². The van der Waals surface area contributed by atoms with Gasteiger partial charge in [0.05, 0.1) is 12.8 Å². The number of hydrogen-bond donors (Lipinski definition) is 1. The third-order valence-corrected chi connectivity index (χ3v) is 3.95. The van der Waals surface area contributed by atoms with Crippen LogP contribution >= 0.6 is 0 Å². The Morgan fingerprint density at radius 2 is 1.92 bits per heavy atom. The first-order chi connectivity index (χ1) is 11.4. The number of hydrogen-bond acceptors (Lipinski definition) is 5. The average molecular weight is 334 g/mol. The molecule has 7 heteroatoms. The molecule has 132 valence electrons. The van der Waals surface area contributed by atoms with E-state index in [2.05, 4.69) is 15.2 Å². The number of piperazine rings is 1. The second-order valence-corrected chi connectivity index (χ2v) is 6.36. The summed E-state index contributed by atoms with van der Waals surface area (Å²) in [7, 11) is 1.57. The van der Waals surface area contributed by atoms with E-state index in [1.165, 1.54) is 0 Å². The van der Waals surface area contributed by atoms with Crippen molar-refractivity contribution in [2.24, 2.45) is 5.92 Å². The van der Waals surface area contributed by atoms with Crippen LogP contribution in [0, 0.1) is 5.92 Å². The summed E-state index contributed by atoms with van der Waals surface area (Å²) in [5.41, 5.74) is 0.678. The fraction of sp³-hybridized carbons (Fsp3) is 0.588. The van der Waals surface area contributed by atoms with Crippen LogP contribution in [0.5, 0.6) is 5.88 Å². The highest BCUT2D eigenvalue weighted by atomic mass is 16.5. The van der Waals surface area contributed by atoms with Crippen LogP contribution in [0.25, 0.3) is 0 Å². The Hall–Kier alpha value is -2.31. The number of carbonyl (C=O) groups excluding carboxylic acids is 2. The first-order valence-electron chi connectivity index (χ1n) is 8.26. The molecule has 0 unspecified atom stereocenters. The van der Waals surface area contributed by atoms with Crippen LogP contribution in [0.4, 0.5) is 11.5 Å². The van der Waals surface area contributed by atoms with Gasteiger partial charge in [-0.15, -0.1) is 0 Å². The molecule has 0 saturated carbocycles. The van der Waals surface area contributed by atoms with E-state index in [0.717, 1.165) is 0 Å². The lowest BCUT2D eigenvalue weighted by atomic mass is 10.1. The molecule has 1 aromatic heterocycles. The highest BCUT2D eigenvalue weighted by Crippen LogP contribution is 2.28. The van der Waals surface area contributed by atoms with Gasteiger partial charge in [-0.3, -0.25) is 9.59 Å². The molecule has 1 N–H and O–H groups in total. The molecule has 1 saturated heterocycles. The van der Waals surface area contributed by atoms with Gasteiger partial charge in [0, 0.05) is 45.6 Å². The lowest BCUT2D eigenvalue weighted by Crippen LogP contribution is -2.48. The Morgan fingerprint density at radius 3 is 2.46 bits per heavy atom. The zero-order valence-corrected chi connectivity index (χ0v) is 14.8. The van der Waals surface area contributed by atoms with Crippen LogP contribution in [0.15, 0.2) is 12.1 Å². The van der Waals surface area contributed by atoms with Crippen LogP contribution in [-0.4, -0.2) is 55.0 Å². The Labute approximate surface area is 143 Å². The number of carbonyl (C=O) groups is 2. The van der Waals surface area contributed by atoms with Crippen molar-refractivity contribution in [1.82, 2.24) is 9.88 Å². The number of rotatable bonds is 5. The van der Waals surface area contributed by atoms with Gasteiger partial charge in [0.1, 0.15) is 0 Å². The minimum atomic E-state index is -0.0272. The maximum atomic E-state index is 12.1. The molecule has 0 spiro atoms. The third kappa shape index (κ3) is 4.59. The maximum Gasteiger partial charge on any atom is 0.224 e. The number of nitrogens with one attached hydrogen (secondary N) is 1. The van der Waals surface area contributed by atoms with Gasteiger partial charge in [-0.1, -0.05) is 13.8 Å². The summed E-state index contributed by atoms with van der Waals surface area (Å²) in [5, 5.41) is 2.95. The van der Waals surface area contributed by atoms with Gasteiger partial charge in [-0.25, -0.2) is 0 Å². The largest absolute Gasteiger partial charge is 0.481 e. The molecule has 24 heavy (non-hydrogen) atoms. The van der Waals surface area contributed by atoms with E-state index in [4.69, 9.17) is 4.74 Å². The SMILES string of the molecule is COc1ccc(NC(=O)CC(C)C)c(N2CCN(C(C)=O)CC2)n1. The minimum Gasteiger partial charge on any atom is -0.481 e. The van der Waals surface area contributed by atoms with Gasteiger partial charge >= 0.3 is 0 Å². The van der Waals surface area contributed by atoms with Crippen LogP contribution in [-0.2, 0) is 9.59 Å². The molecule has 0 atom stereocenters. The smallest absolute Gasteiger partial charge is 0.224 e. The van der Waals surface area contributed by atoms with E-state index >= 15 is 0 Å². The van der Waals surface area contributed by atoms with E-state index < -0.39 is 0 Å².